The van der Waals surface area contributed by atoms with Crippen molar-refractivity contribution in [3.63, 3.8) is 0 Å². The number of ether oxygens (including phenoxy) is 1. The molecule has 2 aromatic rings. The Kier molecular flexibility index (Phi) is 6.28. The van der Waals surface area contributed by atoms with Crippen LogP contribution in [0.3, 0.4) is 0 Å². The van der Waals surface area contributed by atoms with Crippen LogP contribution in [0.1, 0.15) is 36.8 Å². The maximum absolute atomic E-state index is 12.9. The minimum Gasteiger partial charge on any atom is -0.383 e. The van der Waals surface area contributed by atoms with E-state index in [-0.39, 0.29) is 18.0 Å². The van der Waals surface area contributed by atoms with Crippen molar-refractivity contribution in [1.29, 1.82) is 0 Å². The van der Waals surface area contributed by atoms with Gasteiger partial charge in [0.25, 0.3) is 5.91 Å². The first-order chi connectivity index (χ1) is 13.0. The van der Waals surface area contributed by atoms with Crippen LogP contribution in [0, 0.1) is 0 Å². The fraction of sp³-hybridized carbons (Fsp3) is 0.632. The summed E-state index contributed by atoms with van der Waals surface area (Å²) in [5.74, 6) is 0.0684. The number of methoxy groups -OCH3 is 1. The van der Waals surface area contributed by atoms with Crippen molar-refractivity contribution in [3.8, 4) is 0 Å². The second-order valence-corrected chi connectivity index (χ2v) is 7.11. The summed E-state index contributed by atoms with van der Waals surface area (Å²) >= 11 is 0. The second-order valence-electron chi connectivity index (χ2n) is 7.11. The lowest BCUT2D eigenvalue weighted by Gasteiger charge is -2.45. The molecule has 2 aromatic heterocycles. The van der Waals surface area contributed by atoms with Crippen molar-refractivity contribution in [2.45, 2.75) is 52.5 Å². The van der Waals surface area contributed by atoms with Gasteiger partial charge in [0.1, 0.15) is 0 Å². The fourth-order valence-electron chi connectivity index (χ4n) is 3.61. The number of amides is 1. The number of rotatable bonds is 7. The topological polar surface area (TPSA) is 68.4 Å². The van der Waals surface area contributed by atoms with Gasteiger partial charge in [0.15, 0.2) is 0 Å². The molecule has 0 radical (unpaired) electrons. The zero-order valence-electron chi connectivity index (χ0n) is 16.7. The molecular weight excluding hydrogens is 344 g/mol. The molecule has 8 heteroatoms. The van der Waals surface area contributed by atoms with Crippen LogP contribution < -0.4 is 0 Å². The van der Waals surface area contributed by atoms with E-state index in [2.05, 4.69) is 33.4 Å². The molecule has 3 rings (SSSR count). The Bertz CT molecular complexity index is 755. The summed E-state index contributed by atoms with van der Waals surface area (Å²) in [5, 5.41) is 4.23. The van der Waals surface area contributed by atoms with Crippen molar-refractivity contribution >= 4 is 5.91 Å². The van der Waals surface area contributed by atoms with Gasteiger partial charge < -0.3 is 14.2 Å². The van der Waals surface area contributed by atoms with Crippen LogP contribution >= 0.6 is 0 Å². The van der Waals surface area contributed by atoms with Gasteiger partial charge in [-0.3, -0.25) is 14.4 Å². The van der Waals surface area contributed by atoms with E-state index in [1.165, 1.54) is 5.69 Å². The number of carbonyl (C=O) groups is 1. The van der Waals surface area contributed by atoms with Gasteiger partial charge in [-0.1, -0.05) is 0 Å². The van der Waals surface area contributed by atoms with Gasteiger partial charge in [-0.25, -0.2) is 4.98 Å². The van der Waals surface area contributed by atoms with Crippen molar-refractivity contribution in [3.05, 3.63) is 36.2 Å². The minimum absolute atomic E-state index is 0.0684. The Morgan fingerprint density at radius 2 is 2.07 bits per heavy atom. The molecule has 148 valence electrons. The zero-order valence-corrected chi connectivity index (χ0v) is 16.7. The number of aromatic nitrogens is 4. The number of carbonyl (C=O) groups excluding carboxylic acids is 1. The molecule has 27 heavy (non-hydrogen) atoms. The van der Waals surface area contributed by atoms with E-state index in [4.69, 9.17) is 4.74 Å². The maximum atomic E-state index is 12.9. The molecule has 0 bridgehead atoms. The Balaban J connectivity index is 1.65. The molecule has 0 saturated carbocycles. The smallest absolute Gasteiger partial charge is 0.257 e. The lowest BCUT2D eigenvalue weighted by Crippen LogP contribution is -2.58. The highest BCUT2D eigenvalue weighted by molar-refractivity contribution is 5.94. The third-order valence-corrected chi connectivity index (χ3v) is 5.56. The van der Waals surface area contributed by atoms with E-state index in [0.717, 1.165) is 26.2 Å². The molecule has 1 aliphatic rings. The third kappa shape index (κ3) is 4.22. The molecule has 0 unspecified atom stereocenters. The highest BCUT2D eigenvalue weighted by Crippen LogP contribution is 2.21. The van der Waals surface area contributed by atoms with E-state index in [1.54, 1.807) is 18.0 Å². The van der Waals surface area contributed by atoms with E-state index >= 15 is 0 Å². The summed E-state index contributed by atoms with van der Waals surface area (Å²) in [6.45, 7) is 11.0. The molecule has 0 spiro atoms. The van der Waals surface area contributed by atoms with Crippen LogP contribution in [0.2, 0.25) is 0 Å². The first-order valence-corrected chi connectivity index (χ1v) is 9.60. The quantitative estimate of drug-likeness (QED) is 0.734. The molecule has 0 aromatic carbocycles. The molecule has 2 atom stereocenters. The highest BCUT2D eigenvalue weighted by atomic mass is 16.5. The number of imidazole rings is 1. The van der Waals surface area contributed by atoms with E-state index < -0.39 is 0 Å². The second kappa shape index (κ2) is 8.67. The number of hydrogen-bond acceptors (Lipinski definition) is 5. The predicted octanol–water partition coefficient (Wildman–Crippen LogP) is 1.48. The molecule has 1 saturated heterocycles. The van der Waals surface area contributed by atoms with E-state index in [0.29, 0.717) is 18.7 Å². The van der Waals surface area contributed by atoms with E-state index in [9.17, 15) is 4.79 Å². The first-order valence-electron chi connectivity index (χ1n) is 9.60. The average molecular weight is 374 g/mol. The Morgan fingerprint density at radius 3 is 2.78 bits per heavy atom. The average Bonchev–Trinajstić information content (AvgIpc) is 3.32. The standard InChI is InChI=1S/C19H30N6O2/c1-5-24-12-17(10-21-24)19(26)25-7-6-22(15(2)16(25)3)13-18-11-20-14-23(18)8-9-27-4/h10-12,14-16H,5-9,13H2,1-4H3/t15-,16-/m1/s1. The van der Waals surface area contributed by atoms with Crippen LogP contribution in [0.4, 0.5) is 0 Å². The summed E-state index contributed by atoms with van der Waals surface area (Å²) in [6, 6.07) is 0.390. The number of aryl methyl sites for hydroxylation is 1. The van der Waals surface area contributed by atoms with Gasteiger partial charge >= 0.3 is 0 Å². The summed E-state index contributed by atoms with van der Waals surface area (Å²) in [5.41, 5.74) is 1.84. The molecule has 0 aliphatic carbocycles. The SMILES string of the molecule is CCn1cc(C(=O)N2CCN(Cc3cncn3CCOC)[C@H](C)[C@H]2C)cn1. The molecule has 1 amide bonds. The molecule has 3 heterocycles. The predicted molar refractivity (Wildman–Crippen MR) is 102 cm³/mol. The van der Waals surface area contributed by atoms with Gasteiger partial charge in [0.2, 0.25) is 0 Å². The summed E-state index contributed by atoms with van der Waals surface area (Å²) in [6.07, 6.45) is 7.28. The van der Waals surface area contributed by atoms with Crippen LogP contribution in [-0.2, 0) is 24.4 Å². The molecule has 0 N–H and O–H groups in total. The summed E-state index contributed by atoms with van der Waals surface area (Å²) in [7, 11) is 1.71. The largest absolute Gasteiger partial charge is 0.383 e. The van der Waals surface area contributed by atoms with Gasteiger partial charge in [-0.15, -0.1) is 0 Å². The van der Waals surface area contributed by atoms with Crippen molar-refractivity contribution in [2.75, 3.05) is 26.8 Å². The van der Waals surface area contributed by atoms with E-state index in [1.807, 2.05) is 30.5 Å². The first kappa shape index (κ1) is 19.6. The Hall–Kier alpha value is -2.19. The number of hydrogen-bond donors (Lipinski definition) is 0. The summed E-state index contributed by atoms with van der Waals surface area (Å²) in [4.78, 5) is 21.6. The third-order valence-electron chi connectivity index (χ3n) is 5.56. The van der Waals surface area contributed by atoms with Crippen molar-refractivity contribution in [1.82, 2.24) is 29.1 Å². The van der Waals surface area contributed by atoms with Crippen LogP contribution in [0.15, 0.2) is 24.9 Å². The molecule has 1 aliphatic heterocycles. The van der Waals surface area contributed by atoms with Crippen LogP contribution in [0.25, 0.3) is 0 Å². The van der Waals surface area contributed by atoms with Crippen LogP contribution in [-0.4, -0.2) is 73.9 Å². The van der Waals surface area contributed by atoms with Gasteiger partial charge in [-0.2, -0.15) is 5.10 Å². The van der Waals surface area contributed by atoms with Crippen molar-refractivity contribution < 1.29 is 9.53 Å². The molecule has 8 nitrogen and oxygen atoms in total. The van der Waals surface area contributed by atoms with Crippen LogP contribution in [0.5, 0.6) is 0 Å². The lowest BCUT2D eigenvalue weighted by molar-refractivity contribution is 0.0241. The van der Waals surface area contributed by atoms with Gasteiger partial charge in [-0.05, 0) is 20.8 Å². The van der Waals surface area contributed by atoms with Crippen molar-refractivity contribution in [2.24, 2.45) is 0 Å². The highest BCUT2D eigenvalue weighted by Gasteiger charge is 2.34. The monoisotopic (exact) mass is 374 g/mol. The Morgan fingerprint density at radius 1 is 1.26 bits per heavy atom. The molecular formula is C19H30N6O2. The molecule has 1 fully saturated rings. The fourth-order valence-corrected chi connectivity index (χ4v) is 3.61. The Labute approximate surface area is 160 Å². The van der Waals surface area contributed by atoms with Gasteiger partial charge in [0, 0.05) is 64.3 Å². The zero-order chi connectivity index (χ0) is 19.4. The maximum Gasteiger partial charge on any atom is 0.257 e. The normalized spacial score (nSPS) is 21.0. The number of piperazine rings is 1. The summed E-state index contributed by atoms with van der Waals surface area (Å²) < 4.78 is 9.10. The minimum atomic E-state index is 0.0684. The lowest BCUT2D eigenvalue weighted by atomic mass is 10.0. The number of nitrogens with zero attached hydrogens (tertiary/aromatic N) is 6. The van der Waals surface area contributed by atoms with Gasteiger partial charge in [0.05, 0.1) is 30.4 Å².